The van der Waals surface area contributed by atoms with Crippen molar-refractivity contribution >= 4 is 45.7 Å². The Kier molecular flexibility index (Phi) is 6.16. The predicted molar refractivity (Wildman–Crippen MR) is 131 cm³/mol. The first-order valence-electron chi connectivity index (χ1n) is 11.4. The largest absolute Gasteiger partial charge is 0.346 e. The van der Waals surface area contributed by atoms with Crippen molar-refractivity contribution in [2.75, 3.05) is 13.6 Å². The number of carbonyl (C=O) groups is 2. The van der Waals surface area contributed by atoms with E-state index in [4.69, 9.17) is 11.6 Å². The van der Waals surface area contributed by atoms with Crippen LogP contribution < -0.4 is 10.6 Å². The van der Waals surface area contributed by atoms with Crippen LogP contribution >= 0.6 is 22.9 Å². The number of carbonyl (C=O) groups excluding carboxylic acids is 2. The van der Waals surface area contributed by atoms with Gasteiger partial charge in [-0.1, -0.05) is 24.4 Å². The van der Waals surface area contributed by atoms with E-state index < -0.39 is 0 Å². The van der Waals surface area contributed by atoms with E-state index in [1.54, 1.807) is 0 Å². The van der Waals surface area contributed by atoms with Crippen LogP contribution in [0.15, 0.2) is 24.3 Å². The van der Waals surface area contributed by atoms with E-state index >= 15 is 0 Å². The summed E-state index contributed by atoms with van der Waals surface area (Å²) in [5.74, 6) is -0.272. The molecule has 9 heteroatoms. The van der Waals surface area contributed by atoms with Crippen molar-refractivity contribution in [3.8, 4) is 0 Å². The second kappa shape index (κ2) is 9.08. The number of thiazole rings is 1. The molecule has 3 heterocycles. The normalized spacial score (nSPS) is 21.1. The number of hydrogen-bond donors (Lipinski definition) is 2. The van der Waals surface area contributed by atoms with E-state index in [0.29, 0.717) is 15.7 Å². The highest BCUT2D eigenvalue weighted by molar-refractivity contribution is 7.13. The summed E-state index contributed by atoms with van der Waals surface area (Å²) in [7, 11) is 3.97. The molecule has 1 fully saturated rings. The molecule has 0 spiro atoms. The Labute approximate surface area is 202 Å². The Morgan fingerprint density at radius 3 is 2.58 bits per heavy atom. The molecule has 0 bridgehead atoms. The van der Waals surface area contributed by atoms with E-state index in [0.717, 1.165) is 61.8 Å². The van der Waals surface area contributed by atoms with Gasteiger partial charge >= 0.3 is 0 Å². The molecule has 1 saturated carbocycles. The number of fused-ring (bicyclic) bond motifs is 2. The summed E-state index contributed by atoms with van der Waals surface area (Å²) in [5.41, 5.74) is 2.59. The zero-order valence-electron chi connectivity index (χ0n) is 18.9. The van der Waals surface area contributed by atoms with Crippen LogP contribution in [0.1, 0.15) is 56.5 Å². The molecule has 1 aliphatic heterocycles. The zero-order valence-corrected chi connectivity index (χ0v) is 20.4. The molecule has 5 rings (SSSR count). The summed E-state index contributed by atoms with van der Waals surface area (Å²) in [5, 5.41) is 8.45. The Morgan fingerprint density at radius 1 is 1.09 bits per heavy atom. The third kappa shape index (κ3) is 4.52. The van der Waals surface area contributed by atoms with Crippen molar-refractivity contribution in [1.82, 2.24) is 25.1 Å². The number of halogens is 1. The van der Waals surface area contributed by atoms with E-state index in [2.05, 4.69) is 27.6 Å². The number of benzene rings is 1. The number of amides is 2. The SMILES string of the molecule is CN1CCc2nc(C(=O)N[C@@H]3CCCC[C@@H]3NC(=O)c3cc4cc(Cl)ccc4n3C)sc2C1. The van der Waals surface area contributed by atoms with Crippen LogP contribution in [0.3, 0.4) is 0 Å². The van der Waals surface area contributed by atoms with Gasteiger partial charge in [-0.05, 0) is 44.2 Å². The third-order valence-corrected chi connectivity index (χ3v) is 8.07. The average Bonchev–Trinajstić information content (AvgIpc) is 3.35. The lowest BCUT2D eigenvalue weighted by molar-refractivity contribution is 0.0858. The van der Waals surface area contributed by atoms with Crippen molar-refractivity contribution in [3.63, 3.8) is 0 Å². The lowest BCUT2D eigenvalue weighted by Crippen LogP contribution is -2.53. The lowest BCUT2D eigenvalue weighted by atomic mass is 9.90. The van der Waals surface area contributed by atoms with Gasteiger partial charge in [-0.25, -0.2) is 4.98 Å². The van der Waals surface area contributed by atoms with Crippen LogP contribution in [-0.4, -0.2) is 51.9 Å². The third-order valence-electron chi connectivity index (χ3n) is 6.75. The molecule has 33 heavy (non-hydrogen) atoms. The molecule has 3 aromatic rings. The highest BCUT2D eigenvalue weighted by atomic mass is 35.5. The summed E-state index contributed by atoms with van der Waals surface area (Å²) in [6, 6.07) is 7.25. The number of aryl methyl sites for hydroxylation is 1. The van der Waals surface area contributed by atoms with Gasteiger partial charge in [-0.15, -0.1) is 11.3 Å². The molecule has 2 amide bonds. The summed E-state index contributed by atoms with van der Waals surface area (Å²) < 4.78 is 1.88. The van der Waals surface area contributed by atoms with E-state index in [9.17, 15) is 9.59 Å². The maximum absolute atomic E-state index is 13.2. The molecular formula is C24H28ClN5O2S. The Bertz CT molecular complexity index is 1220. The number of hydrogen-bond acceptors (Lipinski definition) is 5. The molecule has 174 valence electrons. The average molecular weight is 486 g/mol. The maximum atomic E-state index is 13.2. The molecule has 2 N–H and O–H groups in total. The number of likely N-dealkylation sites (N-methyl/N-ethyl adjacent to an activating group) is 1. The second-order valence-electron chi connectivity index (χ2n) is 9.11. The summed E-state index contributed by atoms with van der Waals surface area (Å²) in [4.78, 5) is 34.2. The minimum absolute atomic E-state index is 0.108. The summed E-state index contributed by atoms with van der Waals surface area (Å²) >= 11 is 7.60. The van der Waals surface area contributed by atoms with Crippen LogP contribution in [0.5, 0.6) is 0 Å². The number of nitrogens with zero attached hydrogens (tertiary/aromatic N) is 3. The summed E-state index contributed by atoms with van der Waals surface area (Å²) in [6.45, 7) is 1.81. The number of nitrogens with one attached hydrogen (secondary N) is 2. The maximum Gasteiger partial charge on any atom is 0.280 e. The minimum atomic E-state index is -0.137. The smallest absolute Gasteiger partial charge is 0.280 e. The van der Waals surface area contributed by atoms with Crippen LogP contribution in [-0.2, 0) is 20.0 Å². The molecule has 1 aliphatic carbocycles. The predicted octanol–water partition coefficient (Wildman–Crippen LogP) is 3.75. The van der Waals surface area contributed by atoms with Crippen LogP contribution in [0.4, 0.5) is 0 Å². The van der Waals surface area contributed by atoms with Crippen molar-refractivity contribution in [3.05, 3.63) is 50.6 Å². The van der Waals surface area contributed by atoms with E-state index in [1.807, 2.05) is 35.9 Å². The fraction of sp³-hybridized carbons (Fsp3) is 0.458. The fourth-order valence-corrected chi connectivity index (χ4v) is 6.18. The molecule has 7 nitrogen and oxygen atoms in total. The van der Waals surface area contributed by atoms with Gasteiger partial charge in [0.2, 0.25) is 0 Å². The van der Waals surface area contributed by atoms with Gasteiger partial charge in [-0.3, -0.25) is 9.59 Å². The van der Waals surface area contributed by atoms with Crippen LogP contribution in [0, 0.1) is 0 Å². The monoisotopic (exact) mass is 485 g/mol. The van der Waals surface area contributed by atoms with Gasteiger partial charge in [0.15, 0.2) is 5.01 Å². The molecule has 2 aliphatic rings. The fourth-order valence-electron chi connectivity index (χ4n) is 4.91. The van der Waals surface area contributed by atoms with Gasteiger partial charge in [0.25, 0.3) is 11.8 Å². The Hall–Kier alpha value is -2.42. The first-order chi connectivity index (χ1) is 15.9. The standard InChI is InChI=1S/C24H28ClN5O2S/c1-29-10-9-18-21(13-29)33-24(28-18)23(32)27-17-6-4-3-5-16(17)26-22(31)20-12-14-11-15(25)7-8-19(14)30(20)2/h7-8,11-12,16-17H,3-6,9-10,13H2,1-2H3,(H,26,31)(H,27,32)/t16-,17+/m0/s1. The first kappa shape index (κ1) is 22.4. The lowest BCUT2D eigenvalue weighted by Gasteiger charge is -2.32. The number of rotatable bonds is 4. The van der Waals surface area contributed by atoms with Crippen molar-refractivity contribution < 1.29 is 9.59 Å². The van der Waals surface area contributed by atoms with E-state index in [1.165, 1.54) is 16.2 Å². The summed E-state index contributed by atoms with van der Waals surface area (Å²) in [6.07, 6.45) is 4.62. The molecule has 2 aromatic heterocycles. The molecule has 0 unspecified atom stereocenters. The molecule has 1 aromatic carbocycles. The quantitative estimate of drug-likeness (QED) is 0.590. The second-order valence-corrected chi connectivity index (χ2v) is 10.6. The van der Waals surface area contributed by atoms with Gasteiger partial charge in [-0.2, -0.15) is 0 Å². The van der Waals surface area contributed by atoms with Gasteiger partial charge in [0, 0.05) is 59.4 Å². The van der Waals surface area contributed by atoms with Crippen LogP contribution in [0.2, 0.25) is 5.02 Å². The molecule has 0 saturated heterocycles. The Morgan fingerprint density at radius 2 is 1.82 bits per heavy atom. The van der Waals surface area contributed by atoms with Gasteiger partial charge in [0.05, 0.1) is 5.69 Å². The highest BCUT2D eigenvalue weighted by Crippen LogP contribution is 2.26. The topological polar surface area (TPSA) is 79.3 Å². The van der Waals surface area contributed by atoms with Gasteiger partial charge in [0.1, 0.15) is 5.69 Å². The molecular weight excluding hydrogens is 458 g/mol. The first-order valence-corrected chi connectivity index (χ1v) is 12.6. The molecule has 0 radical (unpaired) electrons. The zero-order chi connectivity index (χ0) is 23.1. The van der Waals surface area contributed by atoms with Crippen molar-refractivity contribution in [1.29, 1.82) is 0 Å². The van der Waals surface area contributed by atoms with Crippen LogP contribution in [0.25, 0.3) is 10.9 Å². The number of aromatic nitrogens is 2. The van der Waals surface area contributed by atoms with Gasteiger partial charge < -0.3 is 20.1 Å². The van der Waals surface area contributed by atoms with Crippen molar-refractivity contribution in [2.24, 2.45) is 7.05 Å². The Balaban J connectivity index is 1.29. The van der Waals surface area contributed by atoms with E-state index in [-0.39, 0.29) is 23.9 Å². The molecule has 2 atom stereocenters. The minimum Gasteiger partial charge on any atom is -0.346 e. The highest BCUT2D eigenvalue weighted by Gasteiger charge is 2.30. The van der Waals surface area contributed by atoms with Crippen molar-refractivity contribution in [2.45, 2.75) is 50.7 Å².